The molecule has 2 rings (SSSR count). The van der Waals surface area contributed by atoms with E-state index in [-0.39, 0.29) is 30.4 Å². The first-order chi connectivity index (χ1) is 11.9. The Morgan fingerprint density at radius 1 is 1.44 bits per heavy atom. The van der Waals surface area contributed by atoms with Gasteiger partial charge in [-0.25, -0.2) is 4.79 Å². The van der Waals surface area contributed by atoms with Crippen molar-refractivity contribution in [2.24, 2.45) is 0 Å². The van der Waals surface area contributed by atoms with E-state index in [1.54, 1.807) is 31.2 Å². The normalized spacial score (nSPS) is 10.6. The average Bonchev–Trinajstić information content (AvgIpc) is 2.93. The lowest BCUT2D eigenvalue weighted by Gasteiger charge is -2.11. The van der Waals surface area contributed by atoms with Crippen molar-refractivity contribution in [3.8, 4) is 5.88 Å². The molecule has 1 aromatic carbocycles. The van der Waals surface area contributed by atoms with E-state index < -0.39 is 12.3 Å². The number of aromatic nitrogens is 1. The highest BCUT2D eigenvalue weighted by Gasteiger charge is 2.19. The molecule has 0 amide bonds. The van der Waals surface area contributed by atoms with Crippen molar-refractivity contribution in [1.82, 2.24) is 9.69 Å². The fourth-order valence-electron chi connectivity index (χ4n) is 1.94. The zero-order valence-corrected chi connectivity index (χ0v) is 14.1. The number of rotatable bonds is 7. The van der Waals surface area contributed by atoms with Gasteiger partial charge in [0.25, 0.3) is 0 Å². The quantitative estimate of drug-likeness (QED) is 0.184. The van der Waals surface area contributed by atoms with Gasteiger partial charge in [-0.2, -0.15) is 4.37 Å². The van der Waals surface area contributed by atoms with Crippen molar-refractivity contribution in [1.29, 1.82) is 5.41 Å². The van der Waals surface area contributed by atoms with Gasteiger partial charge >= 0.3 is 5.97 Å². The minimum atomic E-state index is -1.63. The molecule has 0 aliphatic heterocycles. The Morgan fingerprint density at radius 3 is 2.88 bits per heavy atom. The largest absolute Gasteiger partial charge is 0.492 e. The smallest absolute Gasteiger partial charge is 0.338 e. The van der Waals surface area contributed by atoms with Crippen LogP contribution >= 0.6 is 11.5 Å². The fraction of sp³-hybridized carbons (Fsp3) is 0.267. The molecule has 25 heavy (non-hydrogen) atoms. The van der Waals surface area contributed by atoms with Gasteiger partial charge in [0.05, 0.1) is 18.7 Å². The number of aromatic hydroxyl groups is 1. The van der Waals surface area contributed by atoms with Crippen LogP contribution in [0.25, 0.3) is 0 Å². The molecule has 0 aliphatic rings. The summed E-state index contributed by atoms with van der Waals surface area (Å²) in [4.78, 5) is 11.8. The number of hydrogen-bond donors (Lipinski definition) is 6. The van der Waals surface area contributed by atoms with E-state index in [9.17, 15) is 9.90 Å². The van der Waals surface area contributed by atoms with Gasteiger partial charge in [-0.05, 0) is 36.7 Å². The molecule has 10 heteroatoms. The summed E-state index contributed by atoms with van der Waals surface area (Å²) in [5.41, 5.74) is 0.997. The Kier molecular flexibility index (Phi) is 6.28. The summed E-state index contributed by atoms with van der Waals surface area (Å²) in [6, 6.07) is 6.56. The lowest BCUT2D eigenvalue weighted by Crippen LogP contribution is -2.32. The monoisotopic (exact) mass is 366 g/mol. The average molecular weight is 366 g/mol. The molecule has 0 atom stereocenters. The fourth-order valence-corrected chi connectivity index (χ4v) is 2.66. The van der Waals surface area contributed by atoms with Crippen molar-refractivity contribution < 1.29 is 24.9 Å². The van der Waals surface area contributed by atoms with Crippen LogP contribution in [0.3, 0.4) is 0 Å². The first-order valence-corrected chi connectivity index (χ1v) is 8.11. The summed E-state index contributed by atoms with van der Waals surface area (Å²) in [5.74, 6) is -1.03. The van der Waals surface area contributed by atoms with Crippen molar-refractivity contribution in [2.75, 3.05) is 18.5 Å². The minimum absolute atomic E-state index is 0.0900. The topological polar surface area (TPSA) is 148 Å². The van der Waals surface area contributed by atoms with Crippen LogP contribution in [-0.4, -0.2) is 50.9 Å². The molecule has 0 spiro atoms. The molecule has 0 radical (unpaired) electrons. The third kappa shape index (κ3) is 4.89. The van der Waals surface area contributed by atoms with E-state index >= 15 is 0 Å². The lowest BCUT2D eigenvalue weighted by atomic mass is 10.2. The molecule has 0 saturated carbocycles. The second-order valence-electron chi connectivity index (χ2n) is 4.87. The predicted octanol–water partition coefficient (Wildman–Crippen LogP) is 0.995. The SMILES string of the molecule is CCOC(=O)c1cccc(Nc2snc(O)c2C(=N)NCC(O)O)c1. The van der Waals surface area contributed by atoms with Crippen LogP contribution in [0.15, 0.2) is 24.3 Å². The van der Waals surface area contributed by atoms with E-state index in [1.807, 2.05) is 0 Å². The van der Waals surface area contributed by atoms with E-state index in [0.29, 0.717) is 16.3 Å². The van der Waals surface area contributed by atoms with Crippen LogP contribution in [0.1, 0.15) is 22.8 Å². The number of nitrogens with one attached hydrogen (secondary N) is 3. The van der Waals surface area contributed by atoms with E-state index in [1.165, 1.54) is 0 Å². The van der Waals surface area contributed by atoms with Gasteiger partial charge in [-0.1, -0.05) is 6.07 Å². The molecule has 1 heterocycles. The maximum absolute atomic E-state index is 11.8. The van der Waals surface area contributed by atoms with Crippen LogP contribution in [0.4, 0.5) is 10.7 Å². The molecular weight excluding hydrogens is 348 g/mol. The third-order valence-corrected chi connectivity index (χ3v) is 3.77. The number of benzene rings is 1. The Labute approximate surface area is 147 Å². The first kappa shape index (κ1) is 18.6. The second kappa shape index (κ2) is 8.42. The summed E-state index contributed by atoms with van der Waals surface area (Å²) >= 11 is 0.925. The van der Waals surface area contributed by atoms with Crippen molar-refractivity contribution in [2.45, 2.75) is 13.2 Å². The number of aliphatic hydroxyl groups excluding tert-OH is 1. The van der Waals surface area contributed by atoms with Gasteiger partial charge in [-0.15, -0.1) is 0 Å². The molecule has 0 saturated heterocycles. The van der Waals surface area contributed by atoms with E-state index in [0.717, 1.165) is 11.5 Å². The van der Waals surface area contributed by atoms with Crippen molar-refractivity contribution in [3.63, 3.8) is 0 Å². The van der Waals surface area contributed by atoms with Crippen LogP contribution in [-0.2, 0) is 4.74 Å². The van der Waals surface area contributed by atoms with Gasteiger partial charge in [-0.3, -0.25) is 5.41 Å². The number of amidine groups is 1. The van der Waals surface area contributed by atoms with Gasteiger partial charge in [0.15, 0.2) is 6.29 Å². The number of nitrogens with zero attached hydrogens (tertiary/aromatic N) is 1. The van der Waals surface area contributed by atoms with Gasteiger partial charge in [0, 0.05) is 5.69 Å². The Hall–Kier alpha value is -2.69. The highest BCUT2D eigenvalue weighted by molar-refractivity contribution is 7.11. The number of hydrogen-bond acceptors (Lipinski definition) is 9. The van der Waals surface area contributed by atoms with E-state index in [4.69, 9.17) is 20.4 Å². The maximum atomic E-state index is 11.8. The Bertz CT molecular complexity index is 762. The standard InChI is InChI=1S/C15H18N4O5S/c1-2-24-15(23)8-4-3-5-9(6-8)18-14-11(13(22)19-25-14)12(16)17-7-10(20)21/h3-6,10,18,20-21H,2,7H2,1H3,(H2,16,17)(H,19,22). The van der Waals surface area contributed by atoms with Crippen molar-refractivity contribution in [3.05, 3.63) is 35.4 Å². The second-order valence-corrected chi connectivity index (χ2v) is 5.65. The first-order valence-electron chi connectivity index (χ1n) is 7.34. The molecule has 1 aromatic heterocycles. The number of carbonyl (C=O) groups is 1. The Morgan fingerprint density at radius 2 is 2.20 bits per heavy atom. The lowest BCUT2D eigenvalue weighted by molar-refractivity contribution is -0.0341. The summed E-state index contributed by atoms with van der Waals surface area (Å²) in [6.07, 6.45) is -1.63. The van der Waals surface area contributed by atoms with Crippen molar-refractivity contribution >= 4 is 34.0 Å². The van der Waals surface area contributed by atoms with Crippen LogP contribution < -0.4 is 10.6 Å². The zero-order valence-electron chi connectivity index (χ0n) is 13.3. The maximum Gasteiger partial charge on any atom is 0.338 e. The number of esters is 1. The number of anilines is 2. The molecule has 0 fully saturated rings. The number of ether oxygens (including phenoxy) is 1. The highest BCUT2D eigenvalue weighted by Crippen LogP contribution is 2.32. The van der Waals surface area contributed by atoms with E-state index in [2.05, 4.69) is 15.0 Å². The third-order valence-electron chi connectivity index (χ3n) is 3.02. The molecule has 134 valence electrons. The van der Waals surface area contributed by atoms with Crippen LogP contribution in [0.5, 0.6) is 5.88 Å². The Balaban J connectivity index is 2.20. The highest BCUT2D eigenvalue weighted by atomic mass is 32.1. The summed E-state index contributed by atoms with van der Waals surface area (Å²) in [6.45, 7) is 1.71. The minimum Gasteiger partial charge on any atom is -0.492 e. The van der Waals surface area contributed by atoms with Gasteiger partial charge in [0.2, 0.25) is 5.88 Å². The molecule has 6 N–H and O–H groups in total. The van der Waals surface area contributed by atoms with Gasteiger partial charge < -0.3 is 30.7 Å². The zero-order chi connectivity index (χ0) is 18.4. The van der Waals surface area contributed by atoms with Crippen LogP contribution in [0, 0.1) is 5.41 Å². The molecule has 0 aliphatic carbocycles. The molecule has 2 aromatic rings. The molecule has 0 unspecified atom stereocenters. The predicted molar refractivity (Wildman–Crippen MR) is 92.5 cm³/mol. The number of aliphatic hydroxyl groups is 2. The van der Waals surface area contributed by atoms with Crippen LogP contribution in [0.2, 0.25) is 0 Å². The van der Waals surface area contributed by atoms with Gasteiger partial charge in [0.1, 0.15) is 16.4 Å². The number of carbonyl (C=O) groups excluding carboxylic acids is 1. The summed E-state index contributed by atoms with van der Waals surface area (Å²) < 4.78 is 8.73. The molecule has 9 nitrogen and oxygen atoms in total. The summed E-state index contributed by atoms with van der Waals surface area (Å²) in [7, 11) is 0. The summed E-state index contributed by atoms with van der Waals surface area (Å²) in [5, 5.41) is 41.3. The molecule has 0 bridgehead atoms. The molecular formula is C15H18N4O5S.